The molecule has 4 rings (SSSR count). The summed E-state index contributed by atoms with van der Waals surface area (Å²) in [5.41, 5.74) is 8.77. The number of aryl methyl sites for hydroxylation is 2. The first kappa shape index (κ1) is 16.2. The van der Waals surface area contributed by atoms with Crippen molar-refractivity contribution in [3.8, 4) is 5.75 Å². The van der Waals surface area contributed by atoms with E-state index in [0.29, 0.717) is 0 Å². The topological polar surface area (TPSA) is 9.23 Å². The van der Waals surface area contributed by atoms with Gasteiger partial charge in [-0.3, -0.25) is 0 Å². The van der Waals surface area contributed by atoms with E-state index >= 15 is 0 Å². The van der Waals surface area contributed by atoms with Crippen LogP contribution in [-0.4, -0.2) is 6.61 Å². The van der Waals surface area contributed by atoms with Crippen molar-refractivity contribution < 1.29 is 4.74 Å². The summed E-state index contributed by atoms with van der Waals surface area (Å²) in [5, 5.41) is 0. The number of allylic oxidation sites excluding steroid dienone is 4. The summed E-state index contributed by atoms with van der Waals surface area (Å²) in [6.45, 7) is 2.77. The van der Waals surface area contributed by atoms with Gasteiger partial charge in [-0.05, 0) is 91.0 Å². The van der Waals surface area contributed by atoms with E-state index in [4.69, 9.17) is 4.74 Å². The molecule has 0 unspecified atom stereocenters. The van der Waals surface area contributed by atoms with Crippen LogP contribution in [0.15, 0.2) is 54.6 Å². The van der Waals surface area contributed by atoms with Gasteiger partial charge in [-0.25, -0.2) is 0 Å². The number of hydrogen-bond acceptors (Lipinski definition) is 1. The zero-order valence-corrected chi connectivity index (χ0v) is 15.1. The number of rotatable bonds is 3. The highest BCUT2D eigenvalue weighted by atomic mass is 16.5. The molecule has 0 saturated carbocycles. The van der Waals surface area contributed by atoms with Crippen molar-refractivity contribution in [1.29, 1.82) is 0 Å². The number of fused-ring (bicyclic) bond motifs is 2. The van der Waals surface area contributed by atoms with Crippen molar-refractivity contribution in [2.45, 2.75) is 45.4 Å². The molecule has 2 aromatic carbocycles. The van der Waals surface area contributed by atoms with Crippen LogP contribution >= 0.6 is 0 Å². The minimum atomic E-state index is 0.729. The molecule has 0 spiro atoms. The molecular formula is C24H26O. The molecule has 2 aliphatic carbocycles. The van der Waals surface area contributed by atoms with Gasteiger partial charge in [0.25, 0.3) is 0 Å². The maximum Gasteiger partial charge on any atom is 0.119 e. The fourth-order valence-electron chi connectivity index (χ4n) is 4.15. The van der Waals surface area contributed by atoms with Gasteiger partial charge in [0.05, 0.1) is 6.61 Å². The summed E-state index contributed by atoms with van der Waals surface area (Å²) in [4.78, 5) is 0. The second-order valence-corrected chi connectivity index (χ2v) is 7.00. The maximum atomic E-state index is 5.67. The Morgan fingerprint density at radius 1 is 0.800 bits per heavy atom. The van der Waals surface area contributed by atoms with Crippen molar-refractivity contribution in [3.05, 3.63) is 76.9 Å². The van der Waals surface area contributed by atoms with Crippen LogP contribution in [0.5, 0.6) is 5.75 Å². The average Bonchev–Trinajstić information content (AvgIpc) is 2.66. The number of hydrogen-bond donors (Lipinski definition) is 0. The number of ether oxygens (including phenoxy) is 1. The fourth-order valence-corrected chi connectivity index (χ4v) is 4.15. The molecule has 2 aromatic rings. The van der Waals surface area contributed by atoms with Crippen LogP contribution in [0.1, 0.15) is 54.9 Å². The lowest BCUT2D eigenvalue weighted by Crippen LogP contribution is -2.03. The molecule has 0 aromatic heterocycles. The Hall–Kier alpha value is -2.28. The molecule has 0 fully saturated rings. The molecule has 0 bridgehead atoms. The first-order valence-electron chi connectivity index (χ1n) is 9.59. The zero-order valence-electron chi connectivity index (χ0n) is 15.1. The monoisotopic (exact) mass is 330 g/mol. The highest BCUT2D eigenvalue weighted by Gasteiger charge is 2.16. The molecule has 0 aliphatic heterocycles. The van der Waals surface area contributed by atoms with Crippen molar-refractivity contribution >= 4 is 11.1 Å². The molecule has 0 atom stereocenters. The van der Waals surface area contributed by atoms with Gasteiger partial charge in [-0.1, -0.05) is 42.5 Å². The molecule has 1 heteroatoms. The Bertz CT molecular complexity index is 826. The quantitative estimate of drug-likeness (QED) is 0.648. The molecule has 128 valence electrons. The van der Waals surface area contributed by atoms with E-state index in [2.05, 4.69) is 54.6 Å². The summed E-state index contributed by atoms with van der Waals surface area (Å²) in [7, 11) is 0. The Balaban J connectivity index is 1.66. The second-order valence-electron chi connectivity index (χ2n) is 7.00. The minimum Gasteiger partial charge on any atom is -0.494 e. The lowest BCUT2D eigenvalue weighted by molar-refractivity contribution is 0.340. The van der Waals surface area contributed by atoms with Crippen molar-refractivity contribution in [2.24, 2.45) is 0 Å². The molecule has 0 saturated heterocycles. The predicted molar refractivity (Wildman–Crippen MR) is 106 cm³/mol. The first-order chi connectivity index (χ1) is 12.3. The Kier molecular flexibility index (Phi) is 4.74. The van der Waals surface area contributed by atoms with Gasteiger partial charge in [0.15, 0.2) is 0 Å². The average molecular weight is 330 g/mol. The molecule has 0 heterocycles. The van der Waals surface area contributed by atoms with E-state index in [1.165, 1.54) is 65.5 Å². The summed E-state index contributed by atoms with van der Waals surface area (Å²) < 4.78 is 5.67. The Labute approximate surface area is 151 Å². The summed E-state index contributed by atoms with van der Waals surface area (Å²) in [5.74, 6) is 1.00. The van der Waals surface area contributed by atoms with Crippen molar-refractivity contribution in [1.82, 2.24) is 0 Å². The number of benzene rings is 2. The van der Waals surface area contributed by atoms with E-state index in [1.54, 1.807) is 0 Å². The van der Waals surface area contributed by atoms with Crippen LogP contribution in [0.2, 0.25) is 0 Å². The normalized spacial score (nSPS) is 19.6. The second kappa shape index (κ2) is 7.31. The minimum absolute atomic E-state index is 0.729. The molecular weight excluding hydrogens is 304 g/mol. The van der Waals surface area contributed by atoms with Gasteiger partial charge in [-0.15, -0.1) is 0 Å². The summed E-state index contributed by atoms with van der Waals surface area (Å²) in [6, 6.07) is 15.5. The highest BCUT2D eigenvalue weighted by Crippen LogP contribution is 2.35. The smallest absolute Gasteiger partial charge is 0.119 e. The Morgan fingerprint density at radius 2 is 1.48 bits per heavy atom. The fraction of sp³-hybridized carbons (Fsp3) is 0.333. The molecule has 0 radical (unpaired) electrons. The van der Waals surface area contributed by atoms with Gasteiger partial charge in [0.2, 0.25) is 0 Å². The Morgan fingerprint density at radius 3 is 2.24 bits per heavy atom. The maximum absolute atomic E-state index is 5.67. The van der Waals surface area contributed by atoms with E-state index in [9.17, 15) is 0 Å². The van der Waals surface area contributed by atoms with Crippen LogP contribution in [-0.2, 0) is 12.8 Å². The lowest BCUT2D eigenvalue weighted by Gasteiger charge is -2.21. The van der Waals surface area contributed by atoms with Crippen LogP contribution < -0.4 is 4.74 Å². The van der Waals surface area contributed by atoms with E-state index in [0.717, 1.165) is 18.8 Å². The van der Waals surface area contributed by atoms with Gasteiger partial charge in [0, 0.05) is 0 Å². The third-order valence-electron chi connectivity index (χ3n) is 5.37. The van der Waals surface area contributed by atoms with Gasteiger partial charge >= 0.3 is 0 Å². The van der Waals surface area contributed by atoms with Gasteiger partial charge in [0.1, 0.15) is 5.75 Å². The van der Waals surface area contributed by atoms with Crippen molar-refractivity contribution in [3.63, 3.8) is 0 Å². The van der Waals surface area contributed by atoms with E-state index in [1.807, 2.05) is 6.92 Å². The third kappa shape index (κ3) is 3.42. The largest absolute Gasteiger partial charge is 0.494 e. The molecule has 0 amide bonds. The van der Waals surface area contributed by atoms with E-state index in [-0.39, 0.29) is 0 Å². The SMILES string of the molecule is CCOc1ccc2c(c1)CCC/C2=C\C=C1/CCCc2ccccc21. The third-order valence-corrected chi connectivity index (χ3v) is 5.37. The van der Waals surface area contributed by atoms with Gasteiger partial charge < -0.3 is 4.74 Å². The van der Waals surface area contributed by atoms with Crippen LogP contribution in [0.4, 0.5) is 0 Å². The first-order valence-corrected chi connectivity index (χ1v) is 9.59. The van der Waals surface area contributed by atoms with Crippen LogP contribution in [0.25, 0.3) is 11.1 Å². The molecule has 0 N–H and O–H groups in total. The van der Waals surface area contributed by atoms with Crippen LogP contribution in [0.3, 0.4) is 0 Å². The molecule has 1 nitrogen and oxygen atoms in total. The van der Waals surface area contributed by atoms with Crippen LogP contribution in [0, 0.1) is 0 Å². The standard InChI is InChI=1S/C24H26O/c1-2-25-22-15-16-24-20(10-6-11-21(24)17-22)14-13-19-9-5-8-18-7-3-4-12-23(18)19/h3-4,7,12-17H,2,5-6,8-11H2,1H3/b19-13+,20-14+. The summed E-state index contributed by atoms with van der Waals surface area (Å²) in [6.07, 6.45) is 12.0. The predicted octanol–water partition coefficient (Wildman–Crippen LogP) is 6.22. The molecule has 2 aliphatic rings. The lowest BCUT2D eigenvalue weighted by atomic mass is 9.85. The highest BCUT2D eigenvalue weighted by molar-refractivity contribution is 5.77. The van der Waals surface area contributed by atoms with Gasteiger partial charge in [-0.2, -0.15) is 0 Å². The summed E-state index contributed by atoms with van der Waals surface area (Å²) >= 11 is 0. The zero-order chi connectivity index (χ0) is 17.1. The van der Waals surface area contributed by atoms with E-state index < -0.39 is 0 Å². The van der Waals surface area contributed by atoms with Crippen molar-refractivity contribution in [2.75, 3.05) is 6.61 Å². The molecule has 25 heavy (non-hydrogen) atoms.